The van der Waals surface area contributed by atoms with Crippen LogP contribution in [-0.2, 0) is 13.1 Å². The predicted octanol–water partition coefficient (Wildman–Crippen LogP) is 2.52. The first-order chi connectivity index (χ1) is 9.61. The Morgan fingerprint density at radius 1 is 1.20 bits per heavy atom. The van der Waals surface area contributed by atoms with Crippen LogP contribution in [0.5, 0.6) is 0 Å². The molecule has 3 nitrogen and oxygen atoms in total. The summed E-state index contributed by atoms with van der Waals surface area (Å²) in [6, 6.07) is 12.1. The maximum atomic E-state index is 13.6. The van der Waals surface area contributed by atoms with Gasteiger partial charge in [0.15, 0.2) is 0 Å². The first-order valence-electron chi connectivity index (χ1n) is 6.43. The quantitative estimate of drug-likeness (QED) is 0.898. The number of halogens is 1. The van der Waals surface area contributed by atoms with Crippen molar-refractivity contribution in [2.24, 2.45) is 5.73 Å². The third-order valence-electron chi connectivity index (χ3n) is 3.14. The van der Waals surface area contributed by atoms with Crippen LogP contribution in [0.3, 0.4) is 0 Å². The third-order valence-corrected chi connectivity index (χ3v) is 3.14. The number of carbonyl (C=O) groups excluding carboxylic acids is 1. The van der Waals surface area contributed by atoms with E-state index < -0.39 is 11.7 Å². The molecule has 0 radical (unpaired) electrons. The Morgan fingerprint density at radius 3 is 2.60 bits per heavy atom. The molecule has 4 heteroatoms. The zero-order valence-electron chi connectivity index (χ0n) is 11.3. The smallest absolute Gasteiger partial charge is 0.254 e. The van der Waals surface area contributed by atoms with Crippen LogP contribution >= 0.6 is 0 Å². The highest BCUT2D eigenvalue weighted by molar-refractivity contribution is 5.94. The van der Waals surface area contributed by atoms with Crippen LogP contribution in [-0.4, -0.2) is 5.91 Å². The summed E-state index contributed by atoms with van der Waals surface area (Å²) < 4.78 is 13.6. The van der Waals surface area contributed by atoms with E-state index in [-0.39, 0.29) is 5.56 Å². The van der Waals surface area contributed by atoms with Crippen molar-refractivity contribution in [1.29, 1.82) is 0 Å². The van der Waals surface area contributed by atoms with Crippen molar-refractivity contribution in [3.05, 3.63) is 70.5 Å². The highest BCUT2D eigenvalue weighted by Gasteiger charge is 2.11. The number of benzene rings is 2. The molecule has 0 bridgehead atoms. The number of rotatable bonds is 4. The molecule has 0 aliphatic heterocycles. The molecular formula is C16H17FN2O. The van der Waals surface area contributed by atoms with Gasteiger partial charge in [0.2, 0.25) is 0 Å². The van der Waals surface area contributed by atoms with Gasteiger partial charge in [-0.05, 0) is 30.2 Å². The number of hydrogen-bond acceptors (Lipinski definition) is 2. The largest absolute Gasteiger partial charge is 0.348 e. The first kappa shape index (κ1) is 14.2. The molecule has 3 N–H and O–H groups in total. The van der Waals surface area contributed by atoms with Crippen molar-refractivity contribution in [1.82, 2.24) is 5.32 Å². The fraction of sp³-hybridized carbons (Fsp3) is 0.188. The van der Waals surface area contributed by atoms with Crippen LogP contribution in [0.15, 0.2) is 42.5 Å². The fourth-order valence-corrected chi connectivity index (χ4v) is 2.01. The lowest BCUT2D eigenvalue weighted by Crippen LogP contribution is -2.24. The number of aryl methyl sites for hydroxylation is 1. The molecule has 104 valence electrons. The normalized spacial score (nSPS) is 10.3. The summed E-state index contributed by atoms with van der Waals surface area (Å²) in [6.07, 6.45) is 0. The number of nitrogens with two attached hydrogens (primary N) is 1. The third kappa shape index (κ3) is 3.22. The van der Waals surface area contributed by atoms with Gasteiger partial charge >= 0.3 is 0 Å². The molecule has 20 heavy (non-hydrogen) atoms. The molecule has 0 aliphatic carbocycles. The lowest BCUT2D eigenvalue weighted by Gasteiger charge is -2.10. The topological polar surface area (TPSA) is 55.1 Å². The van der Waals surface area contributed by atoms with Gasteiger partial charge in [-0.1, -0.05) is 35.9 Å². The molecule has 1 amide bonds. The molecule has 0 aromatic heterocycles. The SMILES string of the molecule is Cc1ccc(F)c(C(=O)NCc2ccccc2CN)c1. The number of carbonyl (C=O) groups is 1. The molecule has 0 saturated carbocycles. The lowest BCUT2D eigenvalue weighted by atomic mass is 10.1. The van der Waals surface area contributed by atoms with Gasteiger partial charge in [-0.3, -0.25) is 4.79 Å². The molecule has 0 saturated heterocycles. The Labute approximate surface area is 117 Å². The Balaban J connectivity index is 2.11. The Kier molecular flexibility index (Phi) is 4.48. The minimum Gasteiger partial charge on any atom is -0.348 e. The summed E-state index contributed by atoms with van der Waals surface area (Å²) in [6.45, 7) is 2.56. The standard InChI is InChI=1S/C16H17FN2O/c1-11-6-7-15(17)14(8-11)16(20)19-10-13-5-3-2-4-12(13)9-18/h2-8H,9-10,18H2,1H3,(H,19,20). The van der Waals surface area contributed by atoms with Crippen molar-refractivity contribution in [3.8, 4) is 0 Å². The second-order valence-electron chi connectivity index (χ2n) is 4.64. The van der Waals surface area contributed by atoms with Crippen molar-refractivity contribution >= 4 is 5.91 Å². The van der Waals surface area contributed by atoms with E-state index in [1.165, 1.54) is 6.07 Å². The molecular weight excluding hydrogens is 255 g/mol. The zero-order chi connectivity index (χ0) is 14.5. The van der Waals surface area contributed by atoms with E-state index >= 15 is 0 Å². The summed E-state index contributed by atoms with van der Waals surface area (Å²) in [7, 11) is 0. The minimum absolute atomic E-state index is 0.0650. The first-order valence-corrected chi connectivity index (χ1v) is 6.43. The van der Waals surface area contributed by atoms with Crippen molar-refractivity contribution in [2.45, 2.75) is 20.0 Å². The second kappa shape index (κ2) is 6.30. The summed E-state index contributed by atoms with van der Waals surface area (Å²) in [5.41, 5.74) is 8.46. The molecule has 0 aliphatic rings. The Hall–Kier alpha value is -2.20. The Bertz CT molecular complexity index is 626. The van der Waals surface area contributed by atoms with E-state index in [4.69, 9.17) is 5.73 Å². The average molecular weight is 272 g/mol. The molecule has 0 unspecified atom stereocenters. The maximum Gasteiger partial charge on any atom is 0.254 e. The molecule has 0 spiro atoms. The Morgan fingerprint density at radius 2 is 1.90 bits per heavy atom. The number of hydrogen-bond donors (Lipinski definition) is 2. The monoisotopic (exact) mass is 272 g/mol. The van der Waals surface area contributed by atoms with E-state index in [0.29, 0.717) is 13.1 Å². The van der Waals surface area contributed by atoms with Crippen LogP contribution < -0.4 is 11.1 Å². The summed E-state index contributed by atoms with van der Waals surface area (Å²) >= 11 is 0. The minimum atomic E-state index is -0.514. The molecule has 0 atom stereocenters. The maximum absolute atomic E-state index is 13.6. The fourth-order valence-electron chi connectivity index (χ4n) is 2.01. The molecule has 0 heterocycles. The highest BCUT2D eigenvalue weighted by atomic mass is 19.1. The van der Waals surface area contributed by atoms with E-state index in [9.17, 15) is 9.18 Å². The van der Waals surface area contributed by atoms with Crippen molar-refractivity contribution < 1.29 is 9.18 Å². The van der Waals surface area contributed by atoms with Crippen LogP contribution in [0, 0.1) is 12.7 Å². The highest BCUT2D eigenvalue weighted by Crippen LogP contribution is 2.11. The van der Waals surface area contributed by atoms with Crippen molar-refractivity contribution in [2.75, 3.05) is 0 Å². The average Bonchev–Trinajstić information content (AvgIpc) is 2.47. The predicted molar refractivity (Wildman–Crippen MR) is 76.6 cm³/mol. The summed E-state index contributed by atoms with van der Waals surface area (Å²) in [5, 5.41) is 2.72. The van der Waals surface area contributed by atoms with Gasteiger partial charge < -0.3 is 11.1 Å². The van der Waals surface area contributed by atoms with E-state index in [1.807, 2.05) is 31.2 Å². The molecule has 0 fully saturated rings. The number of nitrogens with one attached hydrogen (secondary N) is 1. The van der Waals surface area contributed by atoms with Crippen LogP contribution in [0.4, 0.5) is 4.39 Å². The summed E-state index contributed by atoms with van der Waals surface area (Å²) in [4.78, 5) is 12.0. The van der Waals surface area contributed by atoms with E-state index in [0.717, 1.165) is 16.7 Å². The van der Waals surface area contributed by atoms with Gasteiger partial charge in [0.05, 0.1) is 5.56 Å². The van der Waals surface area contributed by atoms with Crippen molar-refractivity contribution in [3.63, 3.8) is 0 Å². The van der Waals surface area contributed by atoms with Gasteiger partial charge in [0, 0.05) is 13.1 Å². The van der Waals surface area contributed by atoms with Gasteiger partial charge in [0.1, 0.15) is 5.82 Å². The lowest BCUT2D eigenvalue weighted by molar-refractivity contribution is 0.0946. The second-order valence-corrected chi connectivity index (χ2v) is 4.64. The molecule has 2 rings (SSSR count). The van der Waals surface area contributed by atoms with E-state index in [2.05, 4.69) is 5.32 Å². The van der Waals surface area contributed by atoms with Gasteiger partial charge in [0.25, 0.3) is 5.91 Å². The van der Waals surface area contributed by atoms with Crippen LogP contribution in [0.1, 0.15) is 27.0 Å². The molecule has 2 aromatic rings. The van der Waals surface area contributed by atoms with Crippen LogP contribution in [0.25, 0.3) is 0 Å². The zero-order valence-corrected chi connectivity index (χ0v) is 11.3. The summed E-state index contributed by atoms with van der Waals surface area (Å²) in [5.74, 6) is -0.932. The van der Waals surface area contributed by atoms with Gasteiger partial charge in [-0.25, -0.2) is 4.39 Å². The van der Waals surface area contributed by atoms with Gasteiger partial charge in [-0.15, -0.1) is 0 Å². The van der Waals surface area contributed by atoms with Crippen LogP contribution in [0.2, 0.25) is 0 Å². The van der Waals surface area contributed by atoms with Gasteiger partial charge in [-0.2, -0.15) is 0 Å². The molecule has 2 aromatic carbocycles. The number of amides is 1. The van der Waals surface area contributed by atoms with E-state index in [1.54, 1.807) is 12.1 Å².